The third kappa shape index (κ3) is 4.75. The van der Waals surface area contributed by atoms with E-state index in [1.54, 1.807) is 12.3 Å². The molecule has 0 bridgehead atoms. The van der Waals surface area contributed by atoms with Crippen molar-refractivity contribution in [3.05, 3.63) is 95.2 Å². The predicted molar refractivity (Wildman–Crippen MR) is 122 cm³/mol. The zero-order chi connectivity index (χ0) is 21.6. The van der Waals surface area contributed by atoms with Crippen molar-refractivity contribution in [1.29, 1.82) is 0 Å². The van der Waals surface area contributed by atoms with Crippen LogP contribution < -0.4 is 14.9 Å². The van der Waals surface area contributed by atoms with Crippen LogP contribution in [0.2, 0.25) is 0 Å². The van der Waals surface area contributed by atoms with Gasteiger partial charge in [-0.3, -0.25) is 4.79 Å². The number of aryl methyl sites for hydroxylation is 1. The summed E-state index contributed by atoms with van der Waals surface area (Å²) in [4.78, 5) is 15.7. The van der Waals surface area contributed by atoms with Gasteiger partial charge in [-0.15, -0.1) is 0 Å². The van der Waals surface area contributed by atoms with Crippen molar-refractivity contribution in [1.82, 2.24) is 10.4 Å². The molecular weight excluding hydrogens is 390 g/mol. The molecule has 156 valence electrons. The molecule has 0 atom stereocenters. The third-order valence-corrected chi connectivity index (χ3v) is 4.90. The molecule has 1 heterocycles. The van der Waals surface area contributed by atoms with Crippen molar-refractivity contribution in [2.45, 2.75) is 13.5 Å². The molecule has 1 amide bonds. The van der Waals surface area contributed by atoms with Gasteiger partial charge in [0, 0.05) is 22.7 Å². The fourth-order valence-electron chi connectivity index (χ4n) is 3.27. The molecule has 0 aliphatic heterocycles. The van der Waals surface area contributed by atoms with Gasteiger partial charge in [-0.2, -0.15) is 5.10 Å². The van der Waals surface area contributed by atoms with E-state index in [0.717, 1.165) is 33.3 Å². The summed E-state index contributed by atoms with van der Waals surface area (Å²) in [6.07, 6.45) is 3.45. The Hall–Kier alpha value is -4.06. The number of aromatic amines is 1. The molecule has 0 unspecified atom stereocenters. The molecule has 1 aromatic heterocycles. The number of hydrogen-bond donors (Lipinski definition) is 2. The number of benzene rings is 3. The number of aromatic nitrogens is 1. The summed E-state index contributed by atoms with van der Waals surface area (Å²) in [5.74, 6) is 0.943. The van der Waals surface area contributed by atoms with Crippen molar-refractivity contribution < 1.29 is 14.3 Å². The molecular formula is C25H23N3O3. The maximum Gasteiger partial charge on any atom is 0.275 e. The van der Waals surface area contributed by atoms with Crippen LogP contribution in [0.5, 0.6) is 11.5 Å². The smallest absolute Gasteiger partial charge is 0.275 e. The second-order valence-electron chi connectivity index (χ2n) is 7.13. The number of amides is 1. The highest BCUT2D eigenvalue weighted by Gasteiger charge is 2.11. The number of hydrogen-bond acceptors (Lipinski definition) is 4. The van der Waals surface area contributed by atoms with Crippen LogP contribution in [-0.4, -0.2) is 24.2 Å². The van der Waals surface area contributed by atoms with Gasteiger partial charge in [-0.05, 0) is 48.4 Å². The van der Waals surface area contributed by atoms with E-state index in [2.05, 4.69) is 15.5 Å². The van der Waals surface area contributed by atoms with Crippen molar-refractivity contribution >= 4 is 23.0 Å². The number of carbonyl (C=O) groups is 1. The average molecular weight is 413 g/mol. The van der Waals surface area contributed by atoms with E-state index in [0.29, 0.717) is 17.9 Å². The standard InChI is InChI=1S/C25H23N3O3/c1-17-8-10-21(24(12-17)30-2)25(29)28-27-15-19-14-26-23-11-9-20(13-22(19)23)31-16-18-6-4-3-5-7-18/h3-15,26H,16H2,1-2H3,(H,28,29)/b27-15-. The molecule has 4 aromatic rings. The lowest BCUT2D eigenvalue weighted by Gasteiger charge is -2.07. The maximum atomic E-state index is 12.5. The summed E-state index contributed by atoms with van der Waals surface area (Å²) in [6.45, 7) is 2.44. The Kier molecular flexibility index (Phi) is 5.98. The molecule has 0 saturated carbocycles. The van der Waals surface area contributed by atoms with Crippen molar-refractivity contribution in [3.8, 4) is 11.5 Å². The Balaban J connectivity index is 1.46. The minimum Gasteiger partial charge on any atom is -0.496 e. The molecule has 0 saturated heterocycles. The molecule has 2 N–H and O–H groups in total. The molecule has 4 rings (SSSR count). The maximum absolute atomic E-state index is 12.5. The van der Waals surface area contributed by atoms with Crippen LogP contribution in [-0.2, 0) is 6.61 Å². The fourth-order valence-corrected chi connectivity index (χ4v) is 3.27. The van der Waals surface area contributed by atoms with E-state index in [4.69, 9.17) is 9.47 Å². The number of fused-ring (bicyclic) bond motifs is 1. The number of nitrogens with zero attached hydrogens (tertiary/aromatic N) is 1. The number of hydrazone groups is 1. The summed E-state index contributed by atoms with van der Waals surface area (Å²) in [7, 11) is 1.54. The molecule has 0 aliphatic carbocycles. The van der Waals surface area contributed by atoms with Gasteiger partial charge in [0.15, 0.2) is 0 Å². The number of rotatable bonds is 7. The Bertz CT molecular complexity index is 1230. The quantitative estimate of drug-likeness (QED) is 0.337. The van der Waals surface area contributed by atoms with Crippen LogP contribution in [0.3, 0.4) is 0 Å². The van der Waals surface area contributed by atoms with Crippen molar-refractivity contribution in [2.24, 2.45) is 5.10 Å². The normalized spacial score (nSPS) is 11.0. The molecule has 6 nitrogen and oxygen atoms in total. The van der Waals surface area contributed by atoms with Crippen LogP contribution in [0, 0.1) is 6.92 Å². The van der Waals surface area contributed by atoms with Gasteiger partial charge in [0.2, 0.25) is 0 Å². The minimum absolute atomic E-state index is 0.333. The van der Waals surface area contributed by atoms with Gasteiger partial charge >= 0.3 is 0 Å². The topological polar surface area (TPSA) is 75.7 Å². The zero-order valence-electron chi connectivity index (χ0n) is 17.4. The Morgan fingerprint density at radius 2 is 1.94 bits per heavy atom. The predicted octanol–water partition coefficient (Wildman–Crippen LogP) is 4.83. The zero-order valence-corrected chi connectivity index (χ0v) is 17.4. The Morgan fingerprint density at radius 1 is 1.10 bits per heavy atom. The summed E-state index contributed by atoms with van der Waals surface area (Å²) < 4.78 is 11.2. The van der Waals surface area contributed by atoms with Crippen LogP contribution in [0.1, 0.15) is 27.0 Å². The molecule has 3 aromatic carbocycles. The van der Waals surface area contributed by atoms with Crippen LogP contribution >= 0.6 is 0 Å². The van der Waals surface area contributed by atoms with Gasteiger partial charge in [-0.1, -0.05) is 36.4 Å². The SMILES string of the molecule is COc1cc(C)ccc1C(=O)N/N=C\c1c[nH]c2ccc(OCc3ccccc3)cc12. The van der Waals surface area contributed by atoms with Gasteiger partial charge < -0.3 is 14.5 Å². The first-order valence-electron chi connectivity index (χ1n) is 9.90. The van der Waals surface area contributed by atoms with Crippen molar-refractivity contribution in [3.63, 3.8) is 0 Å². The number of methoxy groups -OCH3 is 1. The lowest BCUT2D eigenvalue weighted by molar-refractivity contribution is 0.0952. The highest BCUT2D eigenvalue weighted by Crippen LogP contribution is 2.24. The molecule has 31 heavy (non-hydrogen) atoms. The monoisotopic (exact) mass is 413 g/mol. The van der Waals surface area contributed by atoms with Gasteiger partial charge in [0.1, 0.15) is 18.1 Å². The van der Waals surface area contributed by atoms with E-state index in [9.17, 15) is 4.79 Å². The van der Waals surface area contributed by atoms with E-state index >= 15 is 0 Å². The minimum atomic E-state index is -0.333. The van der Waals surface area contributed by atoms with Gasteiger partial charge in [0.25, 0.3) is 5.91 Å². The average Bonchev–Trinajstić information content (AvgIpc) is 3.20. The number of ether oxygens (including phenoxy) is 2. The second kappa shape index (κ2) is 9.17. The Labute approximate surface area is 180 Å². The van der Waals surface area contributed by atoms with E-state index in [1.165, 1.54) is 7.11 Å². The molecule has 6 heteroatoms. The lowest BCUT2D eigenvalue weighted by atomic mass is 10.1. The van der Waals surface area contributed by atoms with E-state index in [1.807, 2.05) is 73.8 Å². The van der Waals surface area contributed by atoms with E-state index < -0.39 is 0 Å². The largest absolute Gasteiger partial charge is 0.496 e. The summed E-state index contributed by atoms with van der Waals surface area (Å²) in [5.41, 5.74) is 6.92. The first-order chi connectivity index (χ1) is 15.1. The molecule has 0 radical (unpaired) electrons. The first kappa shape index (κ1) is 20.2. The summed E-state index contributed by atoms with van der Waals surface area (Å²) in [6, 6.07) is 21.3. The second-order valence-corrected chi connectivity index (χ2v) is 7.13. The molecule has 0 aliphatic rings. The van der Waals surface area contributed by atoms with Crippen LogP contribution in [0.15, 0.2) is 78.0 Å². The van der Waals surface area contributed by atoms with Crippen LogP contribution in [0.4, 0.5) is 0 Å². The number of H-pyrrole nitrogens is 1. The number of carbonyl (C=O) groups excluding carboxylic acids is 1. The summed E-state index contributed by atoms with van der Waals surface area (Å²) >= 11 is 0. The highest BCUT2D eigenvalue weighted by molar-refractivity contribution is 6.01. The van der Waals surface area contributed by atoms with Crippen LogP contribution in [0.25, 0.3) is 10.9 Å². The molecule has 0 spiro atoms. The van der Waals surface area contributed by atoms with Gasteiger partial charge in [-0.25, -0.2) is 5.43 Å². The van der Waals surface area contributed by atoms with Gasteiger partial charge in [0.05, 0.1) is 18.9 Å². The van der Waals surface area contributed by atoms with E-state index in [-0.39, 0.29) is 5.91 Å². The fraction of sp³-hybridized carbons (Fsp3) is 0.120. The Morgan fingerprint density at radius 3 is 2.74 bits per heavy atom. The van der Waals surface area contributed by atoms with Crippen molar-refractivity contribution in [2.75, 3.05) is 7.11 Å². The summed E-state index contributed by atoms with van der Waals surface area (Å²) in [5, 5.41) is 5.08. The third-order valence-electron chi connectivity index (χ3n) is 4.90. The number of nitrogens with one attached hydrogen (secondary N) is 2. The highest BCUT2D eigenvalue weighted by atomic mass is 16.5. The lowest BCUT2D eigenvalue weighted by Crippen LogP contribution is -2.18. The first-order valence-corrected chi connectivity index (χ1v) is 9.90. The molecule has 0 fully saturated rings.